The maximum atomic E-state index is 13.6. The molecule has 2 aromatic heterocycles. The van der Waals surface area contributed by atoms with Gasteiger partial charge in [0.15, 0.2) is 5.69 Å². The van der Waals surface area contributed by atoms with Gasteiger partial charge < -0.3 is 15.3 Å². The minimum Gasteiger partial charge on any atom is -0.476 e. The van der Waals surface area contributed by atoms with Crippen LogP contribution in [0, 0.1) is 19.7 Å². The number of nitrogens with one attached hydrogen (secondary N) is 1. The summed E-state index contributed by atoms with van der Waals surface area (Å²) in [5.74, 6) is -0.482. The summed E-state index contributed by atoms with van der Waals surface area (Å²) in [7, 11) is 1.81. The summed E-state index contributed by atoms with van der Waals surface area (Å²) in [6.07, 6.45) is 0. The summed E-state index contributed by atoms with van der Waals surface area (Å²) >= 11 is 0. The number of aromatic carboxylic acids is 1. The van der Waals surface area contributed by atoms with Gasteiger partial charge in [-0.3, -0.25) is 14.3 Å². The molecule has 1 unspecified atom stereocenters. The second-order valence-electron chi connectivity index (χ2n) is 10.6. The predicted molar refractivity (Wildman–Crippen MR) is 156 cm³/mol. The Morgan fingerprint density at radius 2 is 1.73 bits per heavy atom. The number of carboxylic acid groups (broad SMARTS) is 1. The van der Waals surface area contributed by atoms with Crippen molar-refractivity contribution in [3.05, 3.63) is 98.8 Å². The fourth-order valence-electron chi connectivity index (χ4n) is 5.47. The number of fused-ring (bicyclic) bond motifs is 1. The molecule has 2 N–H and O–H groups in total. The number of nitrogens with zero attached hydrogens (tertiary/aromatic N) is 4. The highest BCUT2D eigenvalue weighted by atomic mass is 19.1. The van der Waals surface area contributed by atoms with E-state index in [9.17, 15) is 19.1 Å². The summed E-state index contributed by atoms with van der Waals surface area (Å²) in [6, 6.07) is 15.9. The van der Waals surface area contributed by atoms with E-state index in [0.29, 0.717) is 16.8 Å². The lowest BCUT2D eigenvalue weighted by Crippen LogP contribution is -2.47. The van der Waals surface area contributed by atoms with Gasteiger partial charge in [0, 0.05) is 56.9 Å². The molecule has 9 heteroatoms. The van der Waals surface area contributed by atoms with Gasteiger partial charge in [0.25, 0.3) is 5.56 Å². The highest BCUT2D eigenvalue weighted by Crippen LogP contribution is 2.31. The minimum atomic E-state index is -1.10. The molecule has 3 heterocycles. The fourth-order valence-corrected chi connectivity index (χ4v) is 5.47. The third-order valence-corrected chi connectivity index (χ3v) is 7.60. The molecule has 0 saturated carbocycles. The van der Waals surface area contributed by atoms with Gasteiger partial charge in [-0.25, -0.2) is 14.2 Å². The van der Waals surface area contributed by atoms with Crippen LogP contribution in [-0.4, -0.2) is 51.7 Å². The molecular formula is C31H34FN5O3. The van der Waals surface area contributed by atoms with E-state index in [2.05, 4.69) is 26.2 Å². The van der Waals surface area contributed by atoms with Crippen LogP contribution in [0.15, 0.2) is 59.4 Å². The van der Waals surface area contributed by atoms with Crippen LogP contribution in [0.5, 0.6) is 0 Å². The first kappa shape index (κ1) is 27.3. The number of piperazine rings is 1. The Morgan fingerprint density at radius 1 is 1.02 bits per heavy atom. The van der Waals surface area contributed by atoms with Gasteiger partial charge in [0.1, 0.15) is 11.6 Å². The molecule has 0 spiro atoms. The number of rotatable bonds is 7. The quantitative estimate of drug-likeness (QED) is 0.343. The van der Waals surface area contributed by atoms with Crippen LogP contribution >= 0.6 is 0 Å². The second-order valence-corrected chi connectivity index (χ2v) is 10.6. The smallest absolute Gasteiger partial charge is 0.356 e. The molecule has 1 aliphatic heterocycles. The third-order valence-electron chi connectivity index (χ3n) is 7.60. The summed E-state index contributed by atoms with van der Waals surface area (Å²) in [4.78, 5) is 34.2. The first-order valence-corrected chi connectivity index (χ1v) is 13.4. The largest absolute Gasteiger partial charge is 0.476 e. The number of aryl methyl sites for hydroxylation is 2. The molecule has 0 bridgehead atoms. The maximum absolute atomic E-state index is 13.6. The molecule has 5 rings (SSSR count). The first-order chi connectivity index (χ1) is 19.1. The molecule has 1 fully saturated rings. The Bertz CT molecular complexity index is 1630. The van der Waals surface area contributed by atoms with Crippen LogP contribution in [0.25, 0.3) is 10.8 Å². The maximum Gasteiger partial charge on any atom is 0.356 e. The van der Waals surface area contributed by atoms with E-state index in [0.717, 1.165) is 60.6 Å². The van der Waals surface area contributed by atoms with E-state index in [4.69, 9.17) is 0 Å². The predicted octanol–water partition coefficient (Wildman–Crippen LogP) is 4.88. The summed E-state index contributed by atoms with van der Waals surface area (Å²) in [5, 5.41) is 14.5. The highest BCUT2D eigenvalue weighted by Gasteiger charge is 2.23. The molecule has 0 radical (unpaired) electrons. The minimum absolute atomic E-state index is 0.0288. The van der Waals surface area contributed by atoms with Gasteiger partial charge in [-0.2, -0.15) is 0 Å². The summed E-state index contributed by atoms with van der Waals surface area (Å²) < 4.78 is 15.0. The summed E-state index contributed by atoms with van der Waals surface area (Å²) in [6.45, 7) is 9.58. The zero-order chi connectivity index (χ0) is 28.6. The molecular weight excluding hydrogens is 509 g/mol. The molecule has 1 aliphatic rings. The first-order valence-electron chi connectivity index (χ1n) is 13.4. The number of anilines is 2. The second kappa shape index (κ2) is 11.1. The van der Waals surface area contributed by atoms with E-state index in [1.54, 1.807) is 23.6 Å². The monoisotopic (exact) mass is 543 g/mol. The zero-order valence-electron chi connectivity index (χ0n) is 23.2. The Morgan fingerprint density at radius 3 is 2.40 bits per heavy atom. The van der Waals surface area contributed by atoms with E-state index in [-0.39, 0.29) is 23.1 Å². The van der Waals surface area contributed by atoms with Crippen molar-refractivity contribution < 1.29 is 14.3 Å². The van der Waals surface area contributed by atoms with Crippen molar-refractivity contribution in [2.24, 2.45) is 7.05 Å². The molecule has 40 heavy (non-hydrogen) atoms. The van der Waals surface area contributed by atoms with E-state index < -0.39 is 5.97 Å². The van der Waals surface area contributed by atoms with Gasteiger partial charge in [0.05, 0.1) is 5.69 Å². The van der Waals surface area contributed by atoms with Crippen LogP contribution in [0.2, 0.25) is 0 Å². The molecule has 208 valence electrons. The van der Waals surface area contributed by atoms with Gasteiger partial charge in [0.2, 0.25) is 0 Å². The SMILES string of the molecule is Cc1cc(C(C)Nc2ccc(C)nc2C(=O)O)c2cc(N3CCN(Cc4ccc(F)cc4)CC3)n(C)c(=O)c2c1. The third kappa shape index (κ3) is 5.56. The average Bonchev–Trinajstić information content (AvgIpc) is 2.93. The van der Waals surface area contributed by atoms with E-state index in [1.807, 2.05) is 45.2 Å². The zero-order valence-corrected chi connectivity index (χ0v) is 23.2. The Kier molecular flexibility index (Phi) is 7.58. The van der Waals surface area contributed by atoms with Crippen molar-refractivity contribution in [2.75, 3.05) is 36.4 Å². The number of hydrogen-bond acceptors (Lipinski definition) is 6. The van der Waals surface area contributed by atoms with Crippen molar-refractivity contribution in [1.82, 2.24) is 14.5 Å². The highest BCUT2D eigenvalue weighted by molar-refractivity contribution is 5.93. The van der Waals surface area contributed by atoms with Gasteiger partial charge in [-0.15, -0.1) is 0 Å². The summed E-state index contributed by atoms with van der Waals surface area (Å²) in [5.41, 5.74) is 3.91. The van der Waals surface area contributed by atoms with E-state index in [1.165, 1.54) is 12.1 Å². The Labute approximate surface area is 232 Å². The normalized spacial score (nSPS) is 14.9. The van der Waals surface area contributed by atoms with Crippen LogP contribution in [0.1, 0.15) is 45.8 Å². The Balaban J connectivity index is 1.44. The van der Waals surface area contributed by atoms with Crippen LogP contribution in [0.4, 0.5) is 15.9 Å². The molecule has 0 amide bonds. The number of hydrogen-bond donors (Lipinski definition) is 2. The molecule has 4 aromatic rings. The lowest BCUT2D eigenvalue weighted by Gasteiger charge is -2.37. The van der Waals surface area contributed by atoms with Gasteiger partial charge >= 0.3 is 5.97 Å². The lowest BCUT2D eigenvalue weighted by atomic mass is 9.97. The average molecular weight is 544 g/mol. The Hall–Kier alpha value is -4.24. The number of carboxylic acids is 1. The topological polar surface area (TPSA) is 90.7 Å². The van der Waals surface area contributed by atoms with Crippen LogP contribution in [0.3, 0.4) is 0 Å². The molecule has 8 nitrogen and oxygen atoms in total. The molecule has 1 saturated heterocycles. The number of benzene rings is 2. The molecule has 0 aliphatic carbocycles. The standard InChI is InChI=1S/C31H34FN5O3/c1-19-15-24(21(3)34-27-10-5-20(2)33-29(27)31(39)40)25-17-28(35(4)30(38)26(25)16-19)37-13-11-36(12-14-37)18-22-6-8-23(32)9-7-22/h5-10,15-17,21,34H,11-14,18H2,1-4H3,(H,39,40). The molecule has 2 aromatic carbocycles. The number of carbonyl (C=O) groups is 1. The van der Waals surface area contributed by atoms with Gasteiger partial charge in [-0.05, 0) is 79.2 Å². The number of halogens is 1. The van der Waals surface area contributed by atoms with Crippen molar-refractivity contribution in [2.45, 2.75) is 33.4 Å². The van der Waals surface area contributed by atoms with Crippen molar-refractivity contribution in [3.63, 3.8) is 0 Å². The van der Waals surface area contributed by atoms with Crippen molar-refractivity contribution in [1.29, 1.82) is 0 Å². The van der Waals surface area contributed by atoms with E-state index >= 15 is 0 Å². The number of pyridine rings is 2. The number of aromatic nitrogens is 2. The lowest BCUT2D eigenvalue weighted by molar-refractivity contribution is 0.0691. The van der Waals surface area contributed by atoms with Crippen LogP contribution in [-0.2, 0) is 13.6 Å². The van der Waals surface area contributed by atoms with Crippen molar-refractivity contribution in [3.8, 4) is 0 Å². The van der Waals surface area contributed by atoms with Crippen molar-refractivity contribution >= 4 is 28.2 Å². The fraction of sp³-hybridized carbons (Fsp3) is 0.323. The molecule has 1 atom stereocenters. The van der Waals surface area contributed by atoms with Crippen LogP contribution < -0.4 is 15.8 Å². The van der Waals surface area contributed by atoms with Gasteiger partial charge in [-0.1, -0.05) is 18.2 Å².